The van der Waals surface area contributed by atoms with E-state index in [2.05, 4.69) is 31.2 Å². The molecule has 2 aliphatic heterocycles. The number of methoxy groups -OCH3 is 1. The second-order valence-corrected chi connectivity index (χ2v) is 9.97. The monoisotopic (exact) mass is 589 g/mol. The first-order valence-corrected chi connectivity index (χ1v) is 11.9. The Morgan fingerprint density at radius 2 is 2.00 bits per heavy atom. The summed E-state index contributed by atoms with van der Waals surface area (Å²) in [7, 11) is 1.43. The van der Waals surface area contributed by atoms with E-state index < -0.39 is 36.2 Å². The van der Waals surface area contributed by atoms with Crippen molar-refractivity contribution in [1.82, 2.24) is 9.97 Å². The van der Waals surface area contributed by atoms with Crippen LogP contribution in [0.5, 0.6) is 11.5 Å². The molecule has 2 saturated heterocycles. The molecule has 2 fully saturated rings. The summed E-state index contributed by atoms with van der Waals surface area (Å²) < 4.78 is 63.7. The highest BCUT2D eigenvalue weighted by molar-refractivity contribution is 9.10. The molecule has 0 bridgehead atoms. The highest BCUT2D eigenvalue weighted by Gasteiger charge is 2.73. The van der Waals surface area contributed by atoms with Gasteiger partial charge in [-0.1, -0.05) is 11.6 Å². The first kappa shape index (κ1) is 25.3. The second-order valence-electron chi connectivity index (χ2n) is 8.71. The largest absolute Gasteiger partial charge is 0.493 e. The fourth-order valence-corrected chi connectivity index (χ4v) is 4.89. The summed E-state index contributed by atoms with van der Waals surface area (Å²) in [6, 6.07) is 8.60. The van der Waals surface area contributed by atoms with E-state index in [9.17, 15) is 18.3 Å². The summed E-state index contributed by atoms with van der Waals surface area (Å²) in [6.45, 7) is 0.260. The van der Waals surface area contributed by atoms with Gasteiger partial charge in [0, 0.05) is 21.6 Å². The maximum absolute atomic E-state index is 13.5. The van der Waals surface area contributed by atoms with Crippen LogP contribution >= 0.6 is 27.5 Å². The molecule has 0 saturated carbocycles. The number of hydrogen-bond donors (Lipinski definition) is 2. The van der Waals surface area contributed by atoms with Gasteiger partial charge in [0.2, 0.25) is 5.60 Å². The summed E-state index contributed by atoms with van der Waals surface area (Å²) >= 11 is 9.54. The van der Waals surface area contributed by atoms with E-state index in [0.717, 1.165) is 4.47 Å². The average Bonchev–Trinajstić information content (AvgIpc) is 3.29. The molecule has 2 N–H and O–H groups in total. The molecule has 0 amide bonds. The van der Waals surface area contributed by atoms with Crippen LogP contribution in [0.3, 0.4) is 0 Å². The number of benzene rings is 2. The van der Waals surface area contributed by atoms with Gasteiger partial charge < -0.3 is 29.4 Å². The number of fused-ring (bicyclic) bond motifs is 2. The number of halogens is 5. The van der Waals surface area contributed by atoms with Crippen molar-refractivity contribution in [3.05, 3.63) is 46.2 Å². The zero-order chi connectivity index (χ0) is 25.9. The van der Waals surface area contributed by atoms with Gasteiger partial charge in [0.15, 0.2) is 17.6 Å². The fourth-order valence-electron chi connectivity index (χ4n) is 4.47. The van der Waals surface area contributed by atoms with Crippen molar-refractivity contribution < 1.29 is 37.2 Å². The van der Waals surface area contributed by atoms with E-state index >= 15 is 0 Å². The maximum Gasteiger partial charge on any atom is 0.422 e. The third-order valence-corrected chi connectivity index (χ3v) is 7.71. The van der Waals surface area contributed by atoms with Crippen LogP contribution in [-0.2, 0) is 9.47 Å². The first-order valence-electron chi connectivity index (χ1n) is 10.7. The van der Waals surface area contributed by atoms with Gasteiger partial charge in [-0.2, -0.15) is 13.2 Å². The number of aliphatic hydroxyl groups is 1. The van der Waals surface area contributed by atoms with Gasteiger partial charge in [-0.15, -0.1) is 0 Å². The molecule has 0 radical (unpaired) electrons. The Morgan fingerprint density at radius 3 is 2.69 bits per heavy atom. The van der Waals surface area contributed by atoms with Crippen molar-refractivity contribution in [2.45, 2.75) is 36.5 Å². The van der Waals surface area contributed by atoms with Crippen LogP contribution in [0.15, 0.2) is 41.1 Å². The van der Waals surface area contributed by atoms with Gasteiger partial charge in [0.25, 0.3) is 0 Å². The van der Waals surface area contributed by atoms with Crippen LogP contribution in [0.4, 0.5) is 24.7 Å². The van der Waals surface area contributed by atoms with Crippen LogP contribution < -0.4 is 14.8 Å². The Hall–Kier alpha value is -2.38. The summed E-state index contributed by atoms with van der Waals surface area (Å²) in [6.07, 6.45) is -6.16. The van der Waals surface area contributed by atoms with Crippen molar-refractivity contribution in [2.75, 3.05) is 25.6 Å². The molecule has 36 heavy (non-hydrogen) atoms. The van der Waals surface area contributed by atoms with Crippen molar-refractivity contribution >= 4 is 49.9 Å². The fraction of sp³-hybridized carbons (Fsp3) is 0.391. The normalized spacial score (nSPS) is 27.8. The molecule has 3 heterocycles. The molecule has 2 aliphatic rings. The molecule has 4 atom stereocenters. The maximum atomic E-state index is 13.5. The number of rotatable bonds is 5. The lowest BCUT2D eigenvalue weighted by Crippen LogP contribution is -2.58. The Balaban J connectivity index is 1.45. The van der Waals surface area contributed by atoms with Gasteiger partial charge in [-0.05, 0) is 47.1 Å². The topological polar surface area (TPSA) is 95.0 Å². The predicted octanol–water partition coefficient (Wildman–Crippen LogP) is 5.03. The molecular formula is C23H20BrClF3N3O5. The van der Waals surface area contributed by atoms with E-state index in [0.29, 0.717) is 33.2 Å². The van der Waals surface area contributed by atoms with Gasteiger partial charge >= 0.3 is 6.18 Å². The number of ether oxygens (including phenoxy) is 4. The van der Waals surface area contributed by atoms with Crippen LogP contribution in [0.2, 0.25) is 5.02 Å². The Kier molecular flexibility index (Phi) is 6.23. The Morgan fingerprint density at radius 1 is 1.22 bits per heavy atom. The Bertz CT molecular complexity index is 1330. The lowest BCUT2D eigenvalue weighted by atomic mass is 9.86. The van der Waals surface area contributed by atoms with Gasteiger partial charge in [-0.25, -0.2) is 9.97 Å². The molecule has 2 aromatic carbocycles. The summed E-state index contributed by atoms with van der Waals surface area (Å²) in [5.74, 6) is 1.00. The lowest BCUT2D eigenvalue weighted by Gasteiger charge is -2.32. The molecule has 0 spiro atoms. The van der Waals surface area contributed by atoms with Crippen LogP contribution in [0.25, 0.3) is 10.9 Å². The summed E-state index contributed by atoms with van der Waals surface area (Å²) in [5.41, 5.74) is -3.48. The highest BCUT2D eigenvalue weighted by Crippen LogP contribution is 2.50. The number of nitrogens with zero attached hydrogens (tertiary/aromatic N) is 2. The van der Waals surface area contributed by atoms with E-state index in [1.165, 1.54) is 20.4 Å². The molecule has 8 nitrogen and oxygen atoms in total. The minimum Gasteiger partial charge on any atom is -0.493 e. The predicted molar refractivity (Wildman–Crippen MR) is 128 cm³/mol. The molecule has 0 aliphatic carbocycles. The van der Waals surface area contributed by atoms with Crippen LogP contribution in [0, 0.1) is 0 Å². The van der Waals surface area contributed by atoms with E-state index in [-0.39, 0.29) is 12.4 Å². The molecular weight excluding hydrogens is 571 g/mol. The summed E-state index contributed by atoms with van der Waals surface area (Å²) in [5, 5.41) is 14.6. The van der Waals surface area contributed by atoms with Crippen LogP contribution in [-0.4, -0.2) is 65.0 Å². The number of nitrogens with one attached hydrogen (secondary N) is 1. The third-order valence-electron chi connectivity index (χ3n) is 6.47. The molecule has 5 rings (SSSR count). The SMILES string of the molecule is COc1cc2c(Nc3ccc(Br)c(Cl)c3)ncnc2cc1O[C@H]1CO[C@H]2[C@]1(C)OC[C@]2(O)C(F)(F)F. The number of anilines is 2. The number of hydrogen-bond acceptors (Lipinski definition) is 8. The van der Waals surface area contributed by atoms with Gasteiger partial charge in [-0.3, -0.25) is 0 Å². The zero-order valence-corrected chi connectivity index (χ0v) is 21.2. The zero-order valence-electron chi connectivity index (χ0n) is 18.9. The molecule has 3 aromatic rings. The minimum atomic E-state index is -4.93. The number of aromatic nitrogens is 2. The lowest BCUT2D eigenvalue weighted by molar-refractivity contribution is -0.282. The van der Waals surface area contributed by atoms with Crippen LogP contribution in [0.1, 0.15) is 6.92 Å². The van der Waals surface area contributed by atoms with Gasteiger partial charge in [0.05, 0.1) is 30.9 Å². The quantitative estimate of drug-likeness (QED) is 0.428. The average molecular weight is 591 g/mol. The Labute approximate surface area is 216 Å². The van der Waals surface area contributed by atoms with E-state index in [1.54, 1.807) is 24.3 Å². The van der Waals surface area contributed by atoms with Crippen molar-refractivity contribution in [3.63, 3.8) is 0 Å². The van der Waals surface area contributed by atoms with Crippen molar-refractivity contribution in [3.8, 4) is 11.5 Å². The minimum absolute atomic E-state index is 0.221. The highest BCUT2D eigenvalue weighted by atomic mass is 79.9. The number of alkyl halides is 3. The molecule has 1 aromatic heterocycles. The van der Waals surface area contributed by atoms with Crippen molar-refractivity contribution in [2.24, 2.45) is 0 Å². The third kappa shape index (κ3) is 4.04. The first-order chi connectivity index (χ1) is 17.0. The summed E-state index contributed by atoms with van der Waals surface area (Å²) in [4.78, 5) is 8.60. The van der Waals surface area contributed by atoms with Crippen molar-refractivity contribution in [1.29, 1.82) is 0 Å². The second kappa shape index (κ2) is 8.88. The molecule has 192 valence electrons. The van der Waals surface area contributed by atoms with Gasteiger partial charge in [0.1, 0.15) is 23.9 Å². The molecule has 13 heteroatoms. The van der Waals surface area contributed by atoms with E-state index in [1.807, 2.05) is 6.07 Å². The van der Waals surface area contributed by atoms with E-state index in [4.69, 9.17) is 30.5 Å². The standard InChI is InChI=1S/C23H20BrClF3N3O5/c1-21-18(8-34-20(21)22(32,9-35-21)23(26,27)28)36-17-7-15-12(6-16(17)33-2)19(30-10-29-15)31-11-3-4-13(24)14(25)5-11/h3-7,10,18,20,32H,8-9H2,1-2H3,(H,29,30,31)/t18-,20-,21+,22+/m0/s1. The smallest absolute Gasteiger partial charge is 0.422 e. The molecule has 0 unspecified atom stereocenters.